The number of carbonyl (C=O) groups excluding carboxylic acids is 1. The largest absolute Gasteiger partial charge is 0.508 e. The lowest BCUT2D eigenvalue weighted by molar-refractivity contribution is 0.101. The Morgan fingerprint density at radius 3 is 2.23 bits per heavy atom. The Labute approximate surface area is 158 Å². The zero-order valence-corrected chi connectivity index (χ0v) is 15.6. The number of aryl methyl sites for hydroxylation is 1. The highest BCUT2D eigenvalue weighted by molar-refractivity contribution is 7.99. The summed E-state index contributed by atoms with van der Waals surface area (Å²) in [6.45, 7) is 7.85. The molecule has 130 valence electrons. The highest BCUT2D eigenvalue weighted by atomic mass is 32.2. The average molecular weight is 360 g/mol. The van der Waals surface area contributed by atoms with Crippen LogP contribution in [0.4, 0.5) is 0 Å². The first-order valence-corrected chi connectivity index (χ1v) is 9.14. The number of hydrogen-bond acceptors (Lipinski definition) is 3. The summed E-state index contributed by atoms with van der Waals surface area (Å²) in [5, 5.41) is 9.49. The van der Waals surface area contributed by atoms with Crippen molar-refractivity contribution in [2.24, 2.45) is 0 Å². The van der Waals surface area contributed by atoms with Gasteiger partial charge in [-0.2, -0.15) is 0 Å². The fourth-order valence-electron chi connectivity index (χ4n) is 2.72. The normalized spacial score (nSPS) is 10.5. The molecule has 0 unspecified atom stereocenters. The molecule has 26 heavy (non-hydrogen) atoms. The van der Waals surface area contributed by atoms with E-state index in [0.717, 1.165) is 37.6 Å². The molecule has 0 bridgehead atoms. The van der Waals surface area contributed by atoms with E-state index in [2.05, 4.69) is 18.7 Å². The third-order valence-corrected chi connectivity index (χ3v) is 5.48. The van der Waals surface area contributed by atoms with Gasteiger partial charge in [-0.05, 0) is 66.4 Å². The predicted octanol–water partition coefficient (Wildman–Crippen LogP) is 6.12. The van der Waals surface area contributed by atoms with E-state index in [-0.39, 0.29) is 11.5 Å². The molecular weight excluding hydrogens is 340 g/mol. The van der Waals surface area contributed by atoms with Crippen molar-refractivity contribution in [3.05, 3.63) is 95.6 Å². The Morgan fingerprint density at radius 2 is 1.58 bits per heavy atom. The number of benzene rings is 3. The number of phenolic OH excluding ortho intramolecular Hbond substituents is 1. The van der Waals surface area contributed by atoms with E-state index in [0.29, 0.717) is 0 Å². The SMILES string of the molecule is C=C(c1ccc(O)cc1)c1ccccc1Sc1ccc(C(C)=O)cc1C. The van der Waals surface area contributed by atoms with Crippen LogP contribution in [-0.4, -0.2) is 10.9 Å². The molecule has 0 spiro atoms. The molecule has 0 aliphatic heterocycles. The Balaban J connectivity index is 1.94. The van der Waals surface area contributed by atoms with Crippen LogP contribution < -0.4 is 0 Å². The van der Waals surface area contributed by atoms with Gasteiger partial charge in [0, 0.05) is 15.4 Å². The van der Waals surface area contributed by atoms with E-state index in [1.54, 1.807) is 30.8 Å². The standard InChI is InChI=1S/C23H20O2S/c1-15-14-19(17(3)24)10-13-22(15)26-23-7-5-4-6-21(23)16(2)18-8-11-20(25)12-9-18/h4-14,25H,2H2,1,3H3. The zero-order valence-electron chi connectivity index (χ0n) is 14.8. The first-order chi connectivity index (χ1) is 12.5. The van der Waals surface area contributed by atoms with E-state index in [1.165, 1.54) is 0 Å². The lowest BCUT2D eigenvalue weighted by Gasteiger charge is -2.14. The van der Waals surface area contributed by atoms with Crippen LogP contribution in [-0.2, 0) is 0 Å². The van der Waals surface area contributed by atoms with Gasteiger partial charge in [0.1, 0.15) is 5.75 Å². The van der Waals surface area contributed by atoms with Crippen molar-refractivity contribution in [3.8, 4) is 5.75 Å². The van der Waals surface area contributed by atoms with Gasteiger partial charge in [0.25, 0.3) is 0 Å². The zero-order chi connectivity index (χ0) is 18.7. The number of hydrogen-bond donors (Lipinski definition) is 1. The van der Waals surface area contributed by atoms with Crippen molar-refractivity contribution >= 4 is 23.1 Å². The monoisotopic (exact) mass is 360 g/mol. The van der Waals surface area contributed by atoms with E-state index < -0.39 is 0 Å². The summed E-state index contributed by atoms with van der Waals surface area (Å²) in [6, 6.07) is 21.0. The maximum absolute atomic E-state index is 11.6. The minimum absolute atomic E-state index is 0.0748. The van der Waals surface area contributed by atoms with E-state index in [4.69, 9.17) is 0 Å². The summed E-state index contributed by atoms with van der Waals surface area (Å²) in [5.74, 6) is 0.316. The fraction of sp³-hybridized carbons (Fsp3) is 0.0870. The first kappa shape index (κ1) is 18.0. The Kier molecular flexibility index (Phi) is 5.29. The molecule has 0 amide bonds. The minimum Gasteiger partial charge on any atom is -0.508 e. The maximum Gasteiger partial charge on any atom is 0.159 e. The van der Waals surface area contributed by atoms with E-state index in [1.807, 2.05) is 49.4 Å². The van der Waals surface area contributed by atoms with Crippen LogP contribution >= 0.6 is 11.8 Å². The second-order valence-electron chi connectivity index (χ2n) is 6.16. The van der Waals surface area contributed by atoms with Crippen molar-refractivity contribution in [1.82, 2.24) is 0 Å². The van der Waals surface area contributed by atoms with Gasteiger partial charge in [-0.15, -0.1) is 0 Å². The predicted molar refractivity (Wildman–Crippen MR) is 108 cm³/mol. The third kappa shape index (κ3) is 3.89. The lowest BCUT2D eigenvalue weighted by Crippen LogP contribution is -1.94. The smallest absolute Gasteiger partial charge is 0.159 e. The molecule has 0 saturated carbocycles. The van der Waals surface area contributed by atoms with Crippen molar-refractivity contribution < 1.29 is 9.90 Å². The lowest BCUT2D eigenvalue weighted by atomic mass is 9.99. The van der Waals surface area contributed by atoms with Crippen LogP contribution in [0.15, 0.2) is 83.1 Å². The molecule has 0 fully saturated rings. The van der Waals surface area contributed by atoms with E-state index in [9.17, 15) is 9.90 Å². The second kappa shape index (κ2) is 7.63. The van der Waals surface area contributed by atoms with Gasteiger partial charge >= 0.3 is 0 Å². The van der Waals surface area contributed by atoms with Crippen LogP contribution in [0.25, 0.3) is 5.57 Å². The van der Waals surface area contributed by atoms with Gasteiger partial charge in [0.2, 0.25) is 0 Å². The Hall–Kier alpha value is -2.78. The first-order valence-electron chi connectivity index (χ1n) is 8.33. The van der Waals surface area contributed by atoms with Crippen molar-refractivity contribution in [2.75, 3.05) is 0 Å². The quantitative estimate of drug-likeness (QED) is 0.557. The Bertz CT molecular complexity index is 972. The van der Waals surface area contributed by atoms with Crippen LogP contribution in [0.3, 0.4) is 0 Å². The molecule has 0 radical (unpaired) electrons. The van der Waals surface area contributed by atoms with Gasteiger partial charge in [-0.25, -0.2) is 0 Å². The van der Waals surface area contributed by atoms with Gasteiger partial charge < -0.3 is 5.11 Å². The summed E-state index contributed by atoms with van der Waals surface area (Å²) >= 11 is 1.67. The van der Waals surface area contributed by atoms with E-state index >= 15 is 0 Å². The van der Waals surface area contributed by atoms with Crippen LogP contribution in [0.5, 0.6) is 5.75 Å². The summed E-state index contributed by atoms with van der Waals surface area (Å²) in [7, 11) is 0. The minimum atomic E-state index is 0.0748. The van der Waals surface area contributed by atoms with Gasteiger partial charge in [0.15, 0.2) is 5.78 Å². The molecule has 1 N–H and O–H groups in total. The molecule has 0 aromatic heterocycles. The highest BCUT2D eigenvalue weighted by Crippen LogP contribution is 2.37. The molecule has 0 aliphatic rings. The molecule has 3 heteroatoms. The van der Waals surface area contributed by atoms with Crippen molar-refractivity contribution in [3.63, 3.8) is 0 Å². The summed E-state index contributed by atoms with van der Waals surface area (Å²) in [5.41, 5.74) is 4.74. The highest BCUT2D eigenvalue weighted by Gasteiger charge is 2.11. The van der Waals surface area contributed by atoms with Gasteiger partial charge in [-0.3, -0.25) is 4.79 Å². The maximum atomic E-state index is 11.6. The average Bonchev–Trinajstić information content (AvgIpc) is 2.64. The molecule has 0 aliphatic carbocycles. The molecule has 0 heterocycles. The number of Topliss-reactive ketones (excluding diaryl/α,β-unsaturated/α-hetero) is 1. The van der Waals surface area contributed by atoms with Gasteiger partial charge in [-0.1, -0.05) is 54.7 Å². The second-order valence-corrected chi connectivity index (χ2v) is 7.24. The summed E-state index contributed by atoms with van der Waals surface area (Å²) < 4.78 is 0. The molecule has 3 aromatic carbocycles. The van der Waals surface area contributed by atoms with Gasteiger partial charge in [0.05, 0.1) is 0 Å². The fourth-order valence-corrected chi connectivity index (χ4v) is 3.77. The number of aromatic hydroxyl groups is 1. The summed E-state index contributed by atoms with van der Waals surface area (Å²) in [6.07, 6.45) is 0. The van der Waals surface area contributed by atoms with Crippen molar-refractivity contribution in [1.29, 1.82) is 0 Å². The summed E-state index contributed by atoms with van der Waals surface area (Å²) in [4.78, 5) is 13.8. The molecule has 0 saturated heterocycles. The molecular formula is C23H20O2S. The number of rotatable bonds is 5. The topological polar surface area (TPSA) is 37.3 Å². The molecule has 0 atom stereocenters. The number of carbonyl (C=O) groups is 1. The molecule has 3 rings (SSSR count). The number of ketones is 1. The molecule has 2 nitrogen and oxygen atoms in total. The third-order valence-electron chi connectivity index (χ3n) is 4.23. The van der Waals surface area contributed by atoms with Crippen LogP contribution in [0.1, 0.15) is 34.0 Å². The Morgan fingerprint density at radius 1 is 0.923 bits per heavy atom. The number of phenols is 1. The van der Waals surface area contributed by atoms with Crippen LogP contribution in [0.2, 0.25) is 0 Å². The van der Waals surface area contributed by atoms with Crippen LogP contribution in [0, 0.1) is 6.92 Å². The molecule has 3 aromatic rings. The van der Waals surface area contributed by atoms with Crippen molar-refractivity contribution in [2.45, 2.75) is 23.6 Å².